The number of ether oxygens (including phenoxy) is 1. The van der Waals surface area contributed by atoms with Crippen molar-refractivity contribution in [1.29, 1.82) is 0 Å². The molecule has 0 radical (unpaired) electrons. The van der Waals surface area contributed by atoms with Crippen molar-refractivity contribution in [2.24, 2.45) is 12.8 Å². The largest absolute Gasteiger partial charge is 0.471 e. The average Bonchev–Trinajstić information content (AvgIpc) is 3.43. The van der Waals surface area contributed by atoms with Gasteiger partial charge in [-0.3, -0.25) is 14.4 Å². The van der Waals surface area contributed by atoms with Gasteiger partial charge in [-0.25, -0.2) is 4.98 Å². The maximum atomic E-state index is 12.4. The van der Waals surface area contributed by atoms with E-state index < -0.39 is 12.1 Å². The molecule has 1 unspecified atom stereocenters. The van der Waals surface area contributed by atoms with Crippen molar-refractivity contribution in [2.45, 2.75) is 25.2 Å². The number of primary amides is 1. The van der Waals surface area contributed by atoms with Gasteiger partial charge in [0.1, 0.15) is 17.8 Å². The number of anilines is 3. The number of carbonyl (C=O) groups is 1. The predicted octanol–water partition coefficient (Wildman–Crippen LogP) is 1.83. The molecule has 10 heteroatoms. The third kappa shape index (κ3) is 3.72. The topological polar surface area (TPSA) is 122 Å². The van der Waals surface area contributed by atoms with Gasteiger partial charge in [0.15, 0.2) is 0 Å². The van der Waals surface area contributed by atoms with E-state index in [0.29, 0.717) is 31.7 Å². The summed E-state index contributed by atoms with van der Waals surface area (Å²) >= 11 is 0. The van der Waals surface area contributed by atoms with Crippen molar-refractivity contribution in [3.8, 4) is 0 Å². The molecule has 0 aliphatic carbocycles. The van der Waals surface area contributed by atoms with Crippen molar-refractivity contribution < 1.29 is 14.6 Å². The maximum Gasteiger partial charge on any atom is 0.268 e. The molecule has 4 N–H and O–H groups in total. The second-order valence-corrected chi connectivity index (χ2v) is 8.34. The van der Waals surface area contributed by atoms with Gasteiger partial charge in [-0.1, -0.05) is 0 Å². The second-order valence-electron chi connectivity index (χ2n) is 8.34. The molecule has 2 aliphatic heterocycles. The van der Waals surface area contributed by atoms with Crippen molar-refractivity contribution >= 4 is 34.0 Å². The van der Waals surface area contributed by atoms with Crippen molar-refractivity contribution in [3.05, 3.63) is 54.2 Å². The number of nitrogens with one attached hydrogen (secondary N) is 1. The standard InChI is InChI=1S/C23H27N7O3/c1-25-21-10-14(3-6-26-21)23-30(20(13-33-23)22(24)32)19-9-15-12-27-28(2)17(15)11-18(19)29-7-4-16(31)5-8-29/h3,6,9-13,16,23,31H,4-5,7-8H2,1-2H3,(H2,24,32)(H,25,26). The zero-order valence-corrected chi connectivity index (χ0v) is 18.6. The minimum Gasteiger partial charge on any atom is -0.471 e. The summed E-state index contributed by atoms with van der Waals surface area (Å²) in [5.74, 6) is 0.114. The Kier molecular flexibility index (Phi) is 5.29. The molecule has 2 aromatic heterocycles. The van der Waals surface area contributed by atoms with Crippen LogP contribution in [0.1, 0.15) is 24.6 Å². The number of carbonyl (C=O) groups excluding carboxylic acids is 1. The first kappa shape index (κ1) is 21.1. The average molecular weight is 450 g/mol. The normalized spacial score (nSPS) is 19.0. The van der Waals surface area contributed by atoms with Gasteiger partial charge in [0, 0.05) is 44.3 Å². The smallest absolute Gasteiger partial charge is 0.268 e. The summed E-state index contributed by atoms with van der Waals surface area (Å²) in [5, 5.41) is 18.4. The number of benzene rings is 1. The first-order chi connectivity index (χ1) is 16.0. The van der Waals surface area contributed by atoms with Crippen LogP contribution in [-0.4, -0.2) is 52.0 Å². The molecule has 172 valence electrons. The van der Waals surface area contributed by atoms with Gasteiger partial charge < -0.3 is 25.8 Å². The van der Waals surface area contributed by atoms with Gasteiger partial charge in [-0.15, -0.1) is 0 Å². The van der Waals surface area contributed by atoms with Crippen LogP contribution >= 0.6 is 0 Å². The number of aromatic nitrogens is 3. The number of pyridine rings is 1. The van der Waals surface area contributed by atoms with Crippen LogP contribution in [0.2, 0.25) is 0 Å². The first-order valence-corrected chi connectivity index (χ1v) is 10.9. The summed E-state index contributed by atoms with van der Waals surface area (Å²) in [5.41, 5.74) is 9.57. The van der Waals surface area contributed by atoms with Crippen LogP contribution in [0.15, 0.2) is 48.6 Å². The van der Waals surface area contributed by atoms with E-state index in [2.05, 4.69) is 26.4 Å². The van der Waals surface area contributed by atoms with Crippen molar-refractivity contribution in [2.75, 3.05) is 35.3 Å². The SMILES string of the molecule is CNc1cc(C2OC=C(C(N)=O)N2c2cc3cnn(C)c3cc2N2CCC(O)CC2)ccn1. The predicted molar refractivity (Wildman–Crippen MR) is 126 cm³/mol. The summed E-state index contributed by atoms with van der Waals surface area (Å²) in [6.45, 7) is 1.40. The van der Waals surface area contributed by atoms with Gasteiger partial charge in [-0.2, -0.15) is 5.10 Å². The Morgan fingerprint density at radius 2 is 2.03 bits per heavy atom. The molecule has 3 aromatic rings. The van der Waals surface area contributed by atoms with Gasteiger partial charge in [0.05, 0.1) is 29.2 Å². The van der Waals surface area contributed by atoms with E-state index in [1.54, 1.807) is 19.4 Å². The molecule has 1 atom stereocenters. The molecule has 5 rings (SSSR count). The van der Waals surface area contributed by atoms with E-state index in [-0.39, 0.29) is 11.8 Å². The number of aliphatic hydroxyl groups excluding tert-OH is 1. The number of nitrogens with zero attached hydrogens (tertiary/aromatic N) is 5. The molecular weight excluding hydrogens is 422 g/mol. The van der Waals surface area contributed by atoms with Crippen LogP contribution in [0.25, 0.3) is 10.9 Å². The van der Waals surface area contributed by atoms with E-state index in [1.807, 2.05) is 34.8 Å². The summed E-state index contributed by atoms with van der Waals surface area (Å²) in [6.07, 6.45) is 5.38. The third-order valence-corrected chi connectivity index (χ3v) is 6.29. The molecule has 4 heterocycles. The summed E-state index contributed by atoms with van der Waals surface area (Å²) in [7, 11) is 3.70. The molecule has 1 saturated heterocycles. The Bertz CT molecular complexity index is 1230. The van der Waals surface area contributed by atoms with Crippen LogP contribution in [0.5, 0.6) is 0 Å². The van der Waals surface area contributed by atoms with Crippen LogP contribution in [0, 0.1) is 0 Å². The summed E-state index contributed by atoms with van der Waals surface area (Å²) < 4.78 is 7.81. The lowest BCUT2D eigenvalue weighted by Gasteiger charge is -2.36. The monoisotopic (exact) mass is 449 g/mol. The van der Waals surface area contributed by atoms with E-state index >= 15 is 0 Å². The summed E-state index contributed by atoms with van der Waals surface area (Å²) in [4.78, 5) is 20.8. The zero-order valence-electron chi connectivity index (χ0n) is 18.6. The lowest BCUT2D eigenvalue weighted by atomic mass is 10.0. The van der Waals surface area contributed by atoms with Crippen LogP contribution in [0.4, 0.5) is 17.2 Å². The van der Waals surface area contributed by atoms with Gasteiger partial charge >= 0.3 is 0 Å². The Morgan fingerprint density at radius 3 is 2.76 bits per heavy atom. The van der Waals surface area contributed by atoms with Gasteiger partial charge in [0.25, 0.3) is 5.91 Å². The van der Waals surface area contributed by atoms with Crippen molar-refractivity contribution in [3.63, 3.8) is 0 Å². The highest BCUT2D eigenvalue weighted by molar-refractivity contribution is 6.00. The van der Waals surface area contributed by atoms with Gasteiger partial charge in [0.2, 0.25) is 6.23 Å². The number of rotatable bonds is 5. The lowest BCUT2D eigenvalue weighted by molar-refractivity contribution is -0.114. The number of fused-ring (bicyclic) bond motifs is 1. The molecule has 1 fully saturated rings. The molecular formula is C23H27N7O3. The van der Waals surface area contributed by atoms with E-state index in [9.17, 15) is 9.90 Å². The Balaban J connectivity index is 1.67. The molecule has 1 amide bonds. The summed E-state index contributed by atoms with van der Waals surface area (Å²) in [6, 6.07) is 7.83. The van der Waals surface area contributed by atoms with Crippen LogP contribution in [0.3, 0.4) is 0 Å². The Labute approximate surface area is 191 Å². The first-order valence-electron chi connectivity index (χ1n) is 10.9. The quantitative estimate of drug-likeness (QED) is 0.539. The van der Waals surface area contributed by atoms with E-state index in [4.69, 9.17) is 10.5 Å². The number of aryl methyl sites for hydroxylation is 1. The lowest BCUT2D eigenvalue weighted by Crippen LogP contribution is -2.38. The fourth-order valence-corrected chi connectivity index (χ4v) is 4.50. The minimum atomic E-state index is -0.592. The van der Waals surface area contributed by atoms with Gasteiger partial charge in [-0.05, 0) is 37.1 Å². The number of hydrogen-bond acceptors (Lipinski definition) is 8. The molecule has 2 aliphatic rings. The highest BCUT2D eigenvalue weighted by Gasteiger charge is 2.36. The van der Waals surface area contributed by atoms with E-state index in [1.165, 1.54) is 6.26 Å². The van der Waals surface area contributed by atoms with Crippen LogP contribution in [-0.2, 0) is 16.6 Å². The number of aliphatic hydroxyl groups is 1. The second kappa shape index (κ2) is 8.28. The number of nitrogens with two attached hydrogens (primary N) is 1. The van der Waals surface area contributed by atoms with E-state index in [0.717, 1.165) is 27.8 Å². The molecule has 0 saturated carbocycles. The maximum absolute atomic E-state index is 12.4. The fraction of sp³-hybridized carbons (Fsp3) is 0.348. The third-order valence-electron chi connectivity index (χ3n) is 6.29. The molecule has 1 aromatic carbocycles. The number of piperidine rings is 1. The molecule has 0 bridgehead atoms. The number of amides is 1. The Morgan fingerprint density at radius 1 is 1.24 bits per heavy atom. The number of hydrogen-bond donors (Lipinski definition) is 3. The highest BCUT2D eigenvalue weighted by Crippen LogP contribution is 2.44. The molecule has 10 nitrogen and oxygen atoms in total. The van der Waals surface area contributed by atoms with Crippen molar-refractivity contribution in [1.82, 2.24) is 14.8 Å². The fourth-order valence-electron chi connectivity index (χ4n) is 4.50. The zero-order chi connectivity index (χ0) is 23.1. The van der Waals surface area contributed by atoms with Crippen LogP contribution < -0.4 is 20.9 Å². The molecule has 33 heavy (non-hydrogen) atoms. The molecule has 0 spiro atoms. The minimum absolute atomic E-state index is 0.268. The highest BCUT2D eigenvalue weighted by atomic mass is 16.5. The Hall–Kier alpha value is -3.79.